The van der Waals surface area contributed by atoms with Crippen LogP contribution >= 0.6 is 23.1 Å². The first-order valence-corrected chi connectivity index (χ1v) is 11.8. The van der Waals surface area contributed by atoms with Crippen LogP contribution in [0.5, 0.6) is 0 Å². The summed E-state index contributed by atoms with van der Waals surface area (Å²) in [6.07, 6.45) is 1.69. The number of hydrogen-bond donors (Lipinski definition) is 1. The zero-order chi connectivity index (χ0) is 21.8. The van der Waals surface area contributed by atoms with Crippen LogP contribution in [0.25, 0.3) is 10.7 Å². The Kier molecular flexibility index (Phi) is 6.53. The Balaban J connectivity index is 1.56. The molecular formula is C22H24N6OS2. The molecule has 0 saturated heterocycles. The molecule has 9 heteroatoms. The Hall–Kier alpha value is -2.91. The van der Waals surface area contributed by atoms with Gasteiger partial charge in [0.25, 0.3) is 0 Å². The van der Waals surface area contributed by atoms with E-state index in [1.165, 1.54) is 11.8 Å². The van der Waals surface area contributed by atoms with Crippen molar-refractivity contribution in [3.05, 3.63) is 65.7 Å². The number of carbonyl (C=O) groups is 1. The summed E-state index contributed by atoms with van der Waals surface area (Å²) in [7, 11) is 0. The van der Waals surface area contributed by atoms with Gasteiger partial charge in [-0.3, -0.25) is 9.36 Å². The van der Waals surface area contributed by atoms with Crippen LogP contribution in [0.15, 0.2) is 65.3 Å². The number of carbonyl (C=O) groups excluding carboxylic acids is 1. The maximum absolute atomic E-state index is 12.9. The topological polar surface area (TPSA) is 77.6 Å². The van der Waals surface area contributed by atoms with E-state index in [1.54, 1.807) is 22.2 Å². The number of rotatable bonds is 8. The number of thiophene rings is 1. The number of nitrogens with zero attached hydrogens (tertiary/aromatic N) is 5. The second kappa shape index (κ2) is 9.49. The Bertz CT molecular complexity index is 1130. The standard InChI is InChI=1S/C22H24N6OS2/c1-15(2)28-19(11-12-23-28)24-21(29)16(3)31-22-26-25-20(18-10-7-13-30-18)27(22)14-17-8-5-4-6-9-17/h4-13,15-16H,14H2,1-3H3,(H,24,29)/t16-/m0/s1. The van der Waals surface area contributed by atoms with Crippen LogP contribution in [-0.2, 0) is 11.3 Å². The van der Waals surface area contributed by atoms with Crippen LogP contribution in [0.1, 0.15) is 32.4 Å². The van der Waals surface area contributed by atoms with Crippen LogP contribution in [0.4, 0.5) is 5.82 Å². The smallest absolute Gasteiger partial charge is 0.238 e. The van der Waals surface area contributed by atoms with E-state index < -0.39 is 0 Å². The number of hydrogen-bond acceptors (Lipinski definition) is 6. The molecule has 0 fully saturated rings. The largest absolute Gasteiger partial charge is 0.310 e. The minimum atomic E-state index is -0.356. The van der Waals surface area contributed by atoms with Crippen molar-refractivity contribution in [1.82, 2.24) is 24.5 Å². The van der Waals surface area contributed by atoms with Crippen molar-refractivity contribution in [3.63, 3.8) is 0 Å². The Labute approximate surface area is 189 Å². The molecule has 0 aliphatic rings. The van der Waals surface area contributed by atoms with Crippen LogP contribution in [0.3, 0.4) is 0 Å². The van der Waals surface area contributed by atoms with Crippen molar-refractivity contribution < 1.29 is 4.79 Å². The number of thioether (sulfide) groups is 1. The molecule has 0 spiro atoms. The first kappa shape index (κ1) is 21.3. The highest BCUT2D eigenvalue weighted by Crippen LogP contribution is 2.30. The molecule has 7 nitrogen and oxygen atoms in total. The first-order valence-electron chi connectivity index (χ1n) is 10.0. The lowest BCUT2D eigenvalue weighted by Gasteiger charge is -2.15. The van der Waals surface area contributed by atoms with Gasteiger partial charge in [-0.25, -0.2) is 4.68 Å². The van der Waals surface area contributed by atoms with Crippen molar-refractivity contribution in [1.29, 1.82) is 0 Å². The fourth-order valence-corrected chi connectivity index (χ4v) is 4.70. The van der Waals surface area contributed by atoms with Gasteiger partial charge in [0.15, 0.2) is 11.0 Å². The summed E-state index contributed by atoms with van der Waals surface area (Å²) < 4.78 is 3.87. The Morgan fingerprint density at radius 3 is 2.61 bits per heavy atom. The minimum absolute atomic E-state index is 0.0978. The molecule has 0 unspecified atom stereocenters. The van der Waals surface area contributed by atoms with Crippen LogP contribution in [0.2, 0.25) is 0 Å². The van der Waals surface area contributed by atoms with E-state index >= 15 is 0 Å². The summed E-state index contributed by atoms with van der Waals surface area (Å²) in [6.45, 7) is 6.57. The van der Waals surface area contributed by atoms with Crippen molar-refractivity contribution in [2.75, 3.05) is 5.32 Å². The number of anilines is 1. The third-order valence-corrected chi connectivity index (χ3v) is 6.65. The second-order valence-electron chi connectivity index (χ2n) is 7.36. The highest BCUT2D eigenvalue weighted by Gasteiger charge is 2.22. The van der Waals surface area contributed by atoms with E-state index in [0.717, 1.165) is 16.3 Å². The molecule has 1 N–H and O–H groups in total. The predicted molar refractivity (Wildman–Crippen MR) is 125 cm³/mol. The summed E-state index contributed by atoms with van der Waals surface area (Å²) in [5.74, 6) is 1.41. The summed E-state index contributed by atoms with van der Waals surface area (Å²) in [4.78, 5) is 13.9. The van der Waals surface area contributed by atoms with Crippen molar-refractivity contribution in [2.24, 2.45) is 0 Å². The molecule has 4 rings (SSSR count). The molecule has 0 aliphatic carbocycles. The monoisotopic (exact) mass is 452 g/mol. The maximum atomic E-state index is 12.9. The SMILES string of the molecule is CC(C)n1nccc1NC(=O)[C@H](C)Sc1nnc(-c2cccs2)n1Cc1ccccc1. The van der Waals surface area contributed by atoms with Gasteiger partial charge in [-0.05, 0) is 37.8 Å². The molecule has 3 aromatic heterocycles. The summed E-state index contributed by atoms with van der Waals surface area (Å²) in [5, 5.41) is 18.5. The lowest BCUT2D eigenvalue weighted by atomic mass is 10.2. The third kappa shape index (κ3) is 4.88. The van der Waals surface area contributed by atoms with Gasteiger partial charge in [-0.1, -0.05) is 48.2 Å². The van der Waals surface area contributed by atoms with Gasteiger partial charge < -0.3 is 5.32 Å². The quantitative estimate of drug-likeness (QED) is 0.383. The zero-order valence-electron chi connectivity index (χ0n) is 17.6. The van der Waals surface area contributed by atoms with Crippen molar-refractivity contribution in [2.45, 2.75) is 43.8 Å². The van der Waals surface area contributed by atoms with Crippen molar-refractivity contribution >= 4 is 34.8 Å². The molecule has 0 bridgehead atoms. The Morgan fingerprint density at radius 2 is 1.90 bits per heavy atom. The second-order valence-corrected chi connectivity index (χ2v) is 9.61. The summed E-state index contributed by atoms with van der Waals surface area (Å²) >= 11 is 3.03. The zero-order valence-corrected chi connectivity index (χ0v) is 19.2. The molecule has 3 heterocycles. The number of amides is 1. The van der Waals surface area contributed by atoms with E-state index in [-0.39, 0.29) is 17.2 Å². The highest BCUT2D eigenvalue weighted by molar-refractivity contribution is 8.00. The average molecular weight is 453 g/mol. The lowest BCUT2D eigenvalue weighted by molar-refractivity contribution is -0.115. The van der Waals surface area contributed by atoms with Crippen LogP contribution in [0, 0.1) is 0 Å². The van der Waals surface area contributed by atoms with Gasteiger partial charge in [-0.15, -0.1) is 21.5 Å². The number of aromatic nitrogens is 5. The molecule has 160 valence electrons. The van der Waals surface area contributed by atoms with Gasteiger partial charge in [0.1, 0.15) is 5.82 Å². The van der Waals surface area contributed by atoms with E-state index in [0.29, 0.717) is 17.5 Å². The van der Waals surface area contributed by atoms with Gasteiger partial charge in [0.2, 0.25) is 5.91 Å². The molecular weight excluding hydrogens is 428 g/mol. The Morgan fingerprint density at radius 1 is 1.10 bits per heavy atom. The summed E-state index contributed by atoms with van der Waals surface area (Å²) in [6, 6.07) is 16.2. The first-order chi connectivity index (χ1) is 15.0. The predicted octanol–water partition coefficient (Wildman–Crippen LogP) is 4.95. The van der Waals surface area contributed by atoms with E-state index in [4.69, 9.17) is 0 Å². The average Bonchev–Trinajstić information content (AvgIpc) is 3.50. The van der Waals surface area contributed by atoms with E-state index in [9.17, 15) is 4.79 Å². The molecule has 0 radical (unpaired) electrons. The molecule has 1 atom stereocenters. The number of nitrogens with one attached hydrogen (secondary N) is 1. The van der Waals surface area contributed by atoms with Crippen molar-refractivity contribution in [3.8, 4) is 10.7 Å². The normalized spacial score (nSPS) is 12.3. The number of benzene rings is 1. The van der Waals surface area contributed by atoms with Crippen LogP contribution < -0.4 is 5.32 Å². The third-order valence-electron chi connectivity index (χ3n) is 4.70. The van der Waals surface area contributed by atoms with Gasteiger partial charge in [0.05, 0.1) is 22.9 Å². The molecule has 31 heavy (non-hydrogen) atoms. The minimum Gasteiger partial charge on any atom is -0.310 e. The summed E-state index contributed by atoms with van der Waals surface area (Å²) in [5.41, 5.74) is 1.15. The molecule has 0 aliphatic heterocycles. The van der Waals surface area contributed by atoms with Gasteiger partial charge in [0, 0.05) is 12.1 Å². The van der Waals surface area contributed by atoms with Crippen LogP contribution in [-0.4, -0.2) is 35.7 Å². The molecule has 1 aromatic carbocycles. The fraction of sp³-hybridized carbons (Fsp3) is 0.273. The maximum Gasteiger partial charge on any atom is 0.238 e. The lowest BCUT2D eigenvalue weighted by Crippen LogP contribution is -2.25. The molecule has 4 aromatic rings. The van der Waals surface area contributed by atoms with E-state index in [1.807, 2.05) is 62.5 Å². The van der Waals surface area contributed by atoms with E-state index in [2.05, 4.69) is 37.3 Å². The molecule has 0 saturated carbocycles. The molecule has 1 amide bonds. The van der Waals surface area contributed by atoms with Gasteiger partial charge >= 0.3 is 0 Å². The fourth-order valence-electron chi connectivity index (χ4n) is 3.14. The van der Waals surface area contributed by atoms with Gasteiger partial charge in [-0.2, -0.15) is 5.10 Å². The highest BCUT2D eigenvalue weighted by atomic mass is 32.2.